The summed E-state index contributed by atoms with van der Waals surface area (Å²) in [5.41, 5.74) is 5.64. The van der Waals surface area contributed by atoms with Crippen LogP contribution in [0.3, 0.4) is 0 Å². The van der Waals surface area contributed by atoms with Gasteiger partial charge in [-0.15, -0.1) is 11.3 Å². The van der Waals surface area contributed by atoms with Crippen molar-refractivity contribution >= 4 is 17.0 Å². The molecule has 3 aromatic rings. The normalized spacial score (nSPS) is 17.2. The number of thiazole rings is 1. The number of benzene rings is 2. The average molecular weight is 395 g/mol. The van der Waals surface area contributed by atoms with Gasteiger partial charge in [0.25, 0.3) is 0 Å². The zero-order valence-electron chi connectivity index (χ0n) is 16.6. The van der Waals surface area contributed by atoms with E-state index in [9.17, 15) is 0 Å². The van der Waals surface area contributed by atoms with Gasteiger partial charge in [0, 0.05) is 17.6 Å². The molecule has 5 heteroatoms. The van der Waals surface area contributed by atoms with Gasteiger partial charge < -0.3 is 14.0 Å². The lowest BCUT2D eigenvalue weighted by Crippen LogP contribution is -2.24. The van der Waals surface area contributed by atoms with Crippen LogP contribution in [0.2, 0.25) is 0 Å². The van der Waals surface area contributed by atoms with Crippen molar-refractivity contribution in [1.29, 1.82) is 0 Å². The summed E-state index contributed by atoms with van der Waals surface area (Å²) in [4.78, 5) is 6.02. The fourth-order valence-electron chi connectivity index (χ4n) is 3.60. The molecule has 1 unspecified atom stereocenters. The summed E-state index contributed by atoms with van der Waals surface area (Å²) in [6, 6.07) is 14.6. The van der Waals surface area contributed by atoms with Gasteiger partial charge in [-0.2, -0.15) is 0 Å². The summed E-state index contributed by atoms with van der Waals surface area (Å²) in [6.45, 7) is 5.87. The van der Waals surface area contributed by atoms with Gasteiger partial charge in [0.05, 0.1) is 31.1 Å². The first-order valence-electron chi connectivity index (χ1n) is 9.71. The summed E-state index contributed by atoms with van der Waals surface area (Å²) in [7, 11) is 1.72. The molecule has 0 radical (unpaired) electrons. The molecule has 1 aliphatic rings. The van der Waals surface area contributed by atoms with Gasteiger partial charge in [-0.05, 0) is 56.0 Å². The Balaban J connectivity index is 1.86. The van der Waals surface area contributed by atoms with E-state index in [1.165, 1.54) is 11.1 Å². The van der Waals surface area contributed by atoms with Crippen LogP contribution in [0.15, 0.2) is 52.8 Å². The Morgan fingerprint density at radius 2 is 2.07 bits per heavy atom. The highest BCUT2D eigenvalue weighted by molar-refractivity contribution is 7.07. The molecule has 0 amide bonds. The molecule has 146 valence electrons. The molecule has 1 aliphatic heterocycles. The average Bonchev–Trinajstić information content (AvgIpc) is 3.36. The molecule has 0 bridgehead atoms. The lowest BCUT2D eigenvalue weighted by Gasteiger charge is -2.15. The van der Waals surface area contributed by atoms with Crippen molar-refractivity contribution in [2.24, 2.45) is 4.99 Å². The number of rotatable bonds is 5. The summed E-state index contributed by atoms with van der Waals surface area (Å²) in [5, 5.41) is 2.18. The molecule has 2 aromatic carbocycles. The zero-order chi connectivity index (χ0) is 19.5. The molecule has 4 rings (SSSR count). The molecule has 0 N–H and O–H groups in total. The summed E-state index contributed by atoms with van der Waals surface area (Å²) < 4.78 is 13.8. The van der Waals surface area contributed by atoms with Crippen molar-refractivity contribution in [3.05, 3.63) is 63.8 Å². The molecular weight excluding hydrogens is 368 g/mol. The predicted octanol–water partition coefficient (Wildman–Crippen LogP) is 5.25. The molecule has 28 heavy (non-hydrogen) atoms. The van der Waals surface area contributed by atoms with Gasteiger partial charge in [0.15, 0.2) is 4.80 Å². The Hall–Kier alpha value is -2.37. The highest BCUT2D eigenvalue weighted by Gasteiger charge is 2.20. The Kier molecular flexibility index (Phi) is 5.64. The van der Waals surface area contributed by atoms with E-state index in [4.69, 9.17) is 14.5 Å². The molecule has 1 fully saturated rings. The van der Waals surface area contributed by atoms with Crippen LogP contribution in [-0.4, -0.2) is 24.4 Å². The number of ether oxygens (including phenoxy) is 2. The largest absolute Gasteiger partial charge is 0.496 e. The first-order valence-corrected chi connectivity index (χ1v) is 10.6. The maximum absolute atomic E-state index is 5.93. The topological polar surface area (TPSA) is 35.8 Å². The van der Waals surface area contributed by atoms with E-state index in [1.54, 1.807) is 18.4 Å². The van der Waals surface area contributed by atoms with Gasteiger partial charge in [-0.3, -0.25) is 0 Å². The van der Waals surface area contributed by atoms with Crippen LogP contribution in [0, 0.1) is 13.8 Å². The first-order chi connectivity index (χ1) is 13.7. The van der Waals surface area contributed by atoms with Gasteiger partial charge in [-0.25, -0.2) is 4.99 Å². The standard InChI is InChI=1S/C23H26N2O2S/c1-16-10-11-17(2)20(13-16)24-23-25(14-18-7-6-12-27-18)21(15-28-23)19-8-4-5-9-22(19)26-3/h4-5,8-11,13,15,18H,6-7,12,14H2,1-3H3. The van der Waals surface area contributed by atoms with Crippen LogP contribution < -0.4 is 9.54 Å². The van der Waals surface area contributed by atoms with Crippen LogP contribution in [0.1, 0.15) is 24.0 Å². The van der Waals surface area contributed by atoms with E-state index < -0.39 is 0 Å². The van der Waals surface area contributed by atoms with Gasteiger partial charge in [0.2, 0.25) is 0 Å². The van der Waals surface area contributed by atoms with Gasteiger partial charge in [0.1, 0.15) is 5.75 Å². The van der Waals surface area contributed by atoms with Crippen LogP contribution in [0.25, 0.3) is 11.3 Å². The summed E-state index contributed by atoms with van der Waals surface area (Å²) >= 11 is 1.67. The number of hydrogen-bond acceptors (Lipinski definition) is 4. The van der Waals surface area contributed by atoms with Crippen molar-refractivity contribution in [3.63, 3.8) is 0 Å². The van der Waals surface area contributed by atoms with E-state index >= 15 is 0 Å². The van der Waals surface area contributed by atoms with Crippen LogP contribution in [0.4, 0.5) is 5.69 Å². The quantitative estimate of drug-likeness (QED) is 0.592. The molecule has 1 saturated heterocycles. The minimum absolute atomic E-state index is 0.237. The molecule has 1 atom stereocenters. The molecule has 2 heterocycles. The number of aromatic nitrogens is 1. The monoisotopic (exact) mass is 394 g/mol. The second kappa shape index (κ2) is 8.33. The summed E-state index contributed by atoms with van der Waals surface area (Å²) in [6.07, 6.45) is 2.46. The minimum atomic E-state index is 0.237. The van der Waals surface area contributed by atoms with Crippen LogP contribution >= 0.6 is 11.3 Å². The Morgan fingerprint density at radius 3 is 2.86 bits per heavy atom. The van der Waals surface area contributed by atoms with Crippen LogP contribution in [0.5, 0.6) is 5.75 Å². The SMILES string of the molecule is COc1ccccc1-c1csc(=Nc2cc(C)ccc2C)n1CC1CCCO1. The molecule has 0 saturated carbocycles. The predicted molar refractivity (Wildman–Crippen MR) is 114 cm³/mol. The Labute approximate surface area is 170 Å². The van der Waals surface area contributed by atoms with Crippen LogP contribution in [-0.2, 0) is 11.3 Å². The third-order valence-corrected chi connectivity index (χ3v) is 6.04. The molecule has 4 nitrogen and oxygen atoms in total. The van der Waals surface area contributed by atoms with Crippen molar-refractivity contribution in [3.8, 4) is 17.0 Å². The third kappa shape index (κ3) is 3.91. The second-order valence-corrected chi connectivity index (χ2v) is 8.09. The zero-order valence-corrected chi connectivity index (χ0v) is 17.5. The van der Waals surface area contributed by atoms with Crippen molar-refractivity contribution in [2.45, 2.75) is 39.3 Å². The second-order valence-electron chi connectivity index (χ2n) is 7.25. The highest BCUT2D eigenvalue weighted by Crippen LogP contribution is 2.31. The third-order valence-electron chi connectivity index (χ3n) is 5.17. The van der Waals surface area contributed by atoms with Crippen molar-refractivity contribution in [2.75, 3.05) is 13.7 Å². The van der Waals surface area contributed by atoms with E-state index in [2.05, 4.69) is 48.1 Å². The number of nitrogens with zero attached hydrogens (tertiary/aromatic N) is 2. The molecule has 0 aliphatic carbocycles. The smallest absolute Gasteiger partial charge is 0.190 e. The van der Waals surface area contributed by atoms with Crippen molar-refractivity contribution in [1.82, 2.24) is 4.57 Å². The molecular formula is C23H26N2O2S. The maximum atomic E-state index is 5.93. The van der Waals surface area contributed by atoms with E-state index in [-0.39, 0.29) is 6.10 Å². The Morgan fingerprint density at radius 1 is 1.21 bits per heavy atom. The fourth-order valence-corrected chi connectivity index (χ4v) is 4.52. The maximum Gasteiger partial charge on any atom is 0.190 e. The lowest BCUT2D eigenvalue weighted by molar-refractivity contribution is 0.0968. The van der Waals surface area contributed by atoms with Gasteiger partial charge >= 0.3 is 0 Å². The molecule has 1 aromatic heterocycles. The lowest BCUT2D eigenvalue weighted by atomic mass is 10.1. The van der Waals surface area contributed by atoms with E-state index in [0.29, 0.717) is 0 Å². The highest BCUT2D eigenvalue weighted by atomic mass is 32.1. The Bertz CT molecular complexity index is 1030. The minimum Gasteiger partial charge on any atom is -0.496 e. The first kappa shape index (κ1) is 19.0. The van der Waals surface area contributed by atoms with Crippen molar-refractivity contribution < 1.29 is 9.47 Å². The summed E-state index contributed by atoms with van der Waals surface area (Å²) in [5.74, 6) is 0.875. The number of para-hydroxylation sites is 1. The number of hydrogen-bond donors (Lipinski definition) is 0. The van der Waals surface area contributed by atoms with E-state index in [1.807, 2.05) is 18.2 Å². The number of aryl methyl sites for hydroxylation is 2. The van der Waals surface area contributed by atoms with Gasteiger partial charge in [-0.1, -0.05) is 24.3 Å². The fraction of sp³-hybridized carbons (Fsp3) is 0.348. The van der Waals surface area contributed by atoms with E-state index in [0.717, 1.165) is 53.5 Å². The molecule has 0 spiro atoms. The number of methoxy groups -OCH3 is 1.